The molecule has 3 nitrogen and oxygen atoms in total. The second-order valence-electron chi connectivity index (χ2n) is 8.07. The smallest absolute Gasteiger partial charge is 0.123 e. The van der Waals surface area contributed by atoms with Crippen LogP contribution in [0.5, 0.6) is 0 Å². The Bertz CT molecular complexity index is 1010. The second-order valence-corrected chi connectivity index (χ2v) is 8.07. The lowest BCUT2D eigenvalue weighted by Gasteiger charge is -2.37. The van der Waals surface area contributed by atoms with Gasteiger partial charge in [0.05, 0.1) is 23.7 Å². The molecule has 0 saturated carbocycles. The number of nitrogens with zero attached hydrogens (tertiary/aromatic N) is 2. The van der Waals surface area contributed by atoms with E-state index in [1.807, 2.05) is 23.9 Å². The molecule has 150 valence electrons. The van der Waals surface area contributed by atoms with Crippen molar-refractivity contribution in [1.29, 1.82) is 0 Å². The van der Waals surface area contributed by atoms with Crippen molar-refractivity contribution in [3.63, 3.8) is 0 Å². The Morgan fingerprint density at radius 2 is 1.86 bits per heavy atom. The number of hydrogen-bond donors (Lipinski definition) is 0. The number of rotatable bonds is 6. The van der Waals surface area contributed by atoms with Crippen LogP contribution in [0.25, 0.3) is 11.8 Å². The number of ether oxygens (including phenoxy) is 1. The van der Waals surface area contributed by atoms with Crippen molar-refractivity contribution in [2.24, 2.45) is 5.41 Å². The number of fused-ring (bicyclic) bond motifs is 1. The Morgan fingerprint density at radius 3 is 2.55 bits per heavy atom. The molecule has 0 saturated heterocycles. The molecule has 4 rings (SSSR count). The lowest BCUT2D eigenvalue weighted by atomic mass is 9.70. The van der Waals surface area contributed by atoms with Crippen LogP contribution >= 0.6 is 0 Å². The maximum atomic E-state index is 13.3. The van der Waals surface area contributed by atoms with Crippen molar-refractivity contribution in [1.82, 2.24) is 9.78 Å². The van der Waals surface area contributed by atoms with E-state index in [4.69, 9.17) is 4.74 Å². The molecule has 0 amide bonds. The fourth-order valence-corrected chi connectivity index (χ4v) is 4.19. The first-order chi connectivity index (χ1) is 14.0. The normalized spacial score (nSPS) is 19.5. The van der Waals surface area contributed by atoms with E-state index < -0.39 is 0 Å². The maximum absolute atomic E-state index is 13.3. The van der Waals surface area contributed by atoms with E-state index in [0.717, 1.165) is 24.2 Å². The van der Waals surface area contributed by atoms with E-state index in [9.17, 15) is 4.39 Å². The van der Waals surface area contributed by atoms with Crippen molar-refractivity contribution in [2.45, 2.75) is 39.7 Å². The molecule has 0 aliphatic heterocycles. The maximum Gasteiger partial charge on any atom is 0.123 e. The third-order valence-corrected chi connectivity index (χ3v) is 6.02. The van der Waals surface area contributed by atoms with Crippen LogP contribution in [0.2, 0.25) is 0 Å². The van der Waals surface area contributed by atoms with Crippen LogP contribution in [0.1, 0.15) is 50.1 Å². The van der Waals surface area contributed by atoms with Gasteiger partial charge >= 0.3 is 0 Å². The zero-order chi connectivity index (χ0) is 20.4. The molecule has 4 heteroatoms. The summed E-state index contributed by atoms with van der Waals surface area (Å²) in [6.07, 6.45) is 6.04. The van der Waals surface area contributed by atoms with Gasteiger partial charge in [-0.3, -0.25) is 0 Å². The second kappa shape index (κ2) is 7.96. The summed E-state index contributed by atoms with van der Waals surface area (Å²) in [6.45, 7) is 7.24. The SMILES string of the molecule is CCO[C@H](C[C@@]1(C)Cc2cnn(-c3ccc(F)cc3)c2C=C1C)c1ccccc1. The Balaban J connectivity index is 1.64. The van der Waals surface area contributed by atoms with E-state index in [2.05, 4.69) is 49.3 Å². The highest BCUT2D eigenvalue weighted by Crippen LogP contribution is 2.45. The molecule has 29 heavy (non-hydrogen) atoms. The van der Waals surface area contributed by atoms with Gasteiger partial charge in [0.2, 0.25) is 0 Å². The fraction of sp³-hybridized carbons (Fsp3) is 0.320. The molecule has 0 bridgehead atoms. The Hall–Kier alpha value is -2.72. The summed E-state index contributed by atoms with van der Waals surface area (Å²) in [5, 5.41) is 4.59. The van der Waals surface area contributed by atoms with Crippen molar-refractivity contribution < 1.29 is 9.13 Å². The molecule has 1 aliphatic rings. The van der Waals surface area contributed by atoms with Crippen molar-refractivity contribution in [3.05, 3.63) is 89.0 Å². The van der Waals surface area contributed by atoms with Gasteiger partial charge in [-0.05, 0) is 73.6 Å². The lowest BCUT2D eigenvalue weighted by Crippen LogP contribution is -2.28. The third-order valence-electron chi connectivity index (χ3n) is 6.02. The summed E-state index contributed by atoms with van der Waals surface area (Å²) in [5.74, 6) is -0.239. The van der Waals surface area contributed by atoms with Gasteiger partial charge in [-0.1, -0.05) is 42.8 Å². The monoisotopic (exact) mass is 390 g/mol. The zero-order valence-corrected chi connectivity index (χ0v) is 17.2. The summed E-state index contributed by atoms with van der Waals surface area (Å²) in [4.78, 5) is 0. The Kier molecular flexibility index (Phi) is 5.37. The van der Waals surface area contributed by atoms with Crippen molar-refractivity contribution >= 4 is 6.08 Å². The van der Waals surface area contributed by atoms with E-state index in [1.54, 1.807) is 12.1 Å². The molecule has 1 heterocycles. The van der Waals surface area contributed by atoms with Gasteiger partial charge in [0.25, 0.3) is 0 Å². The van der Waals surface area contributed by atoms with E-state index in [0.29, 0.717) is 6.61 Å². The van der Waals surface area contributed by atoms with Gasteiger partial charge < -0.3 is 4.74 Å². The molecule has 0 unspecified atom stereocenters. The molecule has 0 radical (unpaired) electrons. The molecule has 2 aromatic carbocycles. The summed E-state index contributed by atoms with van der Waals surface area (Å²) >= 11 is 0. The first-order valence-electron chi connectivity index (χ1n) is 10.2. The predicted molar refractivity (Wildman–Crippen MR) is 114 cm³/mol. The molecule has 3 aromatic rings. The molecular weight excluding hydrogens is 363 g/mol. The van der Waals surface area contributed by atoms with Crippen LogP contribution in [-0.4, -0.2) is 16.4 Å². The first kappa shape index (κ1) is 19.6. The Labute approximate surface area is 171 Å². The largest absolute Gasteiger partial charge is 0.374 e. The topological polar surface area (TPSA) is 27.1 Å². The van der Waals surface area contributed by atoms with Gasteiger partial charge in [0.1, 0.15) is 5.82 Å². The number of hydrogen-bond acceptors (Lipinski definition) is 2. The van der Waals surface area contributed by atoms with Gasteiger partial charge in [-0.2, -0.15) is 5.10 Å². The van der Waals surface area contributed by atoms with Crippen LogP contribution in [0, 0.1) is 11.2 Å². The number of halogens is 1. The molecule has 2 atom stereocenters. The fourth-order valence-electron chi connectivity index (χ4n) is 4.19. The minimum absolute atomic E-state index is 0.0145. The molecule has 0 N–H and O–H groups in total. The van der Waals surface area contributed by atoms with E-state index >= 15 is 0 Å². The highest BCUT2D eigenvalue weighted by Gasteiger charge is 2.35. The van der Waals surface area contributed by atoms with E-state index in [1.165, 1.54) is 28.8 Å². The minimum Gasteiger partial charge on any atom is -0.374 e. The molecular formula is C25H27FN2O. The lowest BCUT2D eigenvalue weighted by molar-refractivity contribution is 0.0324. The third kappa shape index (κ3) is 3.90. The minimum atomic E-state index is -0.239. The van der Waals surface area contributed by atoms with Crippen LogP contribution < -0.4 is 0 Å². The quantitative estimate of drug-likeness (QED) is 0.505. The molecule has 1 aromatic heterocycles. The average molecular weight is 391 g/mol. The summed E-state index contributed by atoms with van der Waals surface area (Å²) in [5.41, 5.74) is 5.69. The number of benzene rings is 2. The number of allylic oxidation sites excluding steroid dienone is 1. The van der Waals surface area contributed by atoms with Crippen LogP contribution in [0.4, 0.5) is 4.39 Å². The predicted octanol–water partition coefficient (Wildman–Crippen LogP) is 6.15. The van der Waals surface area contributed by atoms with Crippen LogP contribution in [-0.2, 0) is 11.2 Å². The van der Waals surface area contributed by atoms with Gasteiger partial charge in [0, 0.05) is 6.61 Å². The van der Waals surface area contributed by atoms with Crippen molar-refractivity contribution in [2.75, 3.05) is 6.61 Å². The highest BCUT2D eigenvalue weighted by molar-refractivity contribution is 5.60. The van der Waals surface area contributed by atoms with Gasteiger partial charge in [-0.15, -0.1) is 0 Å². The highest BCUT2D eigenvalue weighted by atomic mass is 19.1. The zero-order valence-electron chi connectivity index (χ0n) is 17.2. The van der Waals surface area contributed by atoms with Gasteiger partial charge in [0.15, 0.2) is 0 Å². The average Bonchev–Trinajstić information content (AvgIpc) is 3.11. The van der Waals surface area contributed by atoms with E-state index in [-0.39, 0.29) is 17.3 Å². The summed E-state index contributed by atoms with van der Waals surface area (Å²) in [6, 6.07) is 16.9. The van der Waals surface area contributed by atoms with Crippen LogP contribution in [0.3, 0.4) is 0 Å². The summed E-state index contributed by atoms with van der Waals surface area (Å²) < 4.78 is 21.3. The van der Waals surface area contributed by atoms with Crippen LogP contribution in [0.15, 0.2) is 66.4 Å². The molecule has 0 spiro atoms. The molecule has 0 fully saturated rings. The standard InChI is InChI=1S/C25H27FN2O/c1-4-29-24(19-8-6-5-7-9-19)16-25(3)15-20-17-27-28(23(20)14-18(25)2)22-12-10-21(26)11-13-22/h5-14,17,24H,4,15-16H2,1-3H3/t24-,25-/m1/s1. The number of aromatic nitrogens is 2. The van der Waals surface area contributed by atoms with Gasteiger partial charge in [-0.25, -0.2) is 9.07 Å². The van der Waals surface area contributed by atoms with Crippen molar-refractivity contribution in [3.8, 4) is 5.69 Å². The Morgan fingerprint density at radius 1 is 1.14 bits per heavy atom. The molecule has 1 aliphatic carbocycles. The summed E-state index contributed by atoms with van der Waals surface area (Å²) in [7, 11) is 0. The first-order valence-corrected chi connectivity index (χ1v) is 10.2.